The number of nitrogens with one attached hydrogen (secondary N) is 2. The number of anilines is 2. The molecule has 0 radical (unpaired) electrons. The van der Waals surface area contributed by atoms with E-state index < -0.39 is 0 Å². The molecule has 1 fully saturated rings. The molecule has 5 heteroatoms. The van der Waals surface area contributed by atoms with Crippen LogP contribution in [0.15, 0.2) is 67.5 Å². The van der Waals surface area contributed by atoms with Crippen LogP contribution >= 0.6 is 0 Å². The lowest BCUT2D eigenvalue weighted by atomic mass is 9.90. The van der Waals surface area contributed by atoms with E-state index >= 15 is 0 Å². The fraction of sp³-hybridized carbons (Fsp3) is 0.345. The Morgan fingerprint density at radius 1 is 1.06 bits per heavy atom. The molecule has 2 N–H and O–H groups in total. The smallest absolute Gasteiger partial charge is 0.105 e. The molecule has 4 rings (SSSR count). The molecule has 178 valence electrons. The minimum absolute atomic E-state index is 0.790. The summed E-state index contributed by atoms with van der Waals surface area (Å²) in [5, 5.41) is 6.74. The van der Waals surface area contributed by atoms with E-state index in [1.807, 2.05) is 27.2 Å². The zero-order valence-corrected chi connectivity index (χ0v) is 21.0. The van der Waals surface area contributed by atoms with Crippen LogP contribution in [0.3, 0.4) is 0 Å². The number of benzene rings is 2. The molecule has 1 aliphatic heterocycles. The first kappa shape index (κ1) is 23.8. The lowest BCUT2D eigenvalue weighted by molar-refractivity contribution is 0.219. The Kier molecular flexibility index (Phi) is 7.23. The summed E-state index contributed by atoms with van der Waals surface area (Å²) in [5.74, 6) is 1.78. The number of hydrogen-bond donors (Lipinski definition) is 2. The van der Waals surface area contributed by atoms with Crippen LogP contribution in [0.1, 0.15) is 29.8 Å². The highest BCUT2D eigenvalue weighted by atomic mass is 15.1. The van der Waals surface area contributed by atoms with Gasteiger partial charge in [0.15, 0.2) is 0 Å². The Morgan fingerprint density at radius 2 is 1.76 bits per heavy atom. The molecule has 3 aromatic rings. The Balaban J connectivity index is 1.45. The van der Waals surface area contributed by atoms with Crippen LogP contribution in [0.2, 0.25) is 0 Å². The Hall–Kier alpha value is -3.31. The highest BCUT2D eigenvalue weighted by Gasteiger charge is 2.17. The maximum Gasteiger partial charge on any atom is 0.105 e. The van der Waals surface area contributed by atoms with Gasteiger partial charge in [-0.05, 0) is 87.6 Å². The number of aryl methyl sites for hydroxylation is 1. The van der Waals surface area contributed by atoms with Crippen LogP contribution in [0.25, 0.3) is 16.8 Å². The summed E-state index contributed by atoms with van der Waals surface area (Å²) in [4.78, 5) is 6.87. The van der Waals surface area contributed by atoms with Crippen LogP contribution in [0.4, 0.5) is 11.4 Å². The molecule has 1 aromatic heterocycles. The van der Waals surface area contributed by atoms with Gasteiger partial charge in [0.05, 0.1) is 11.9 Å². The summed E-state index contributed by atoms with van der Waals surface area (Å²) in [6.45, 7) is 13.1. The molecule has 0 spiro atoms. The van der Waals surface area contributed by atoms with E-state index in [1.54, 1.807) is 0 Å². The monoisotopic (exact) mass is 455 g/mol. The molecule has 0 atom stereocenters. The van der Waals surface area contributed by atoms with E-state index in [9.17, 15) is 0 Å². The van der Waals surface area contributed by atoms with Gasteiger partial charge in [-0.2, -0.15) is 0 Å². The van der Waals surface area contributed by atoms with Gasteiger partial charge in [-0.1, -0.05) is 31.4 Å². The van der Waals surface area contributed by atoms with Gasteiger partial charge in [-0.15, -0.1) is 0 Å². The van der Waals surface area contributed by atoms with Gasteiger partial charge >= 0.3 is 0 Å². The number of hydrogen-bond acceptors (Lipinski definition) is 4. The van der Waals surface area contributed by atoms with Crippen LogP contribution < -0.4 is 10.6 Å². The van der Waals surface area contributed by atoms with Crippen molar-refractivity contribution < 1.29 is 0 Å². The van der Waals surface area contributed by atoms with Gasteiger partial charge in [0.2, 0.25) is 0 Å². The summed E-state index contributed by atoms with van der Waals surface area (Å²) in [6.07, 6.45) is 5.65. The molecule has 34 heavy (non-hydrogen) atoms. The van der Waals surface area contributed by atoms with Gasteiger partial charge in [-0.25, -0.2) is 4.98 Å². The molecule has 0 unspecified atom stereocenters. The molecule has 2 heterocycles. The van der Waals surface area contributed by atoms with Crippen molar-refractivity contribution in [2.75, 3.05) is 37.8 Å². The van der Waals surface area contributed by atoms with Crippen molar-refractivity contribution >= 4 is 16.9 Å². The van der Waals surface area contributed by atoms with Crippen LogP contribution in [-0.2, 0) is 13.5 Å². The predicted octanol–water partition coefficient (Wildman–Crippen LogP) is 5.96. The molecular weight excluding hydrogens is 418 g/mol. The third-order valence-corrected chi connectivity index (χ3v) is 7.11. The average molecular weight is 456 g/mol. The maximum absolute atomic E-state index is 4.44. The largest absolute Gasteiger partial charge is 0.388 e. The molecule has 1 aliphatic rings. The SMILES string of the molecule is C=C(Nc1ccc(CC2CCN(C)CC2)cc1)C(=C)c1cc(-c2cnc(C)n2C)ccc1NC. The topological polar surface area (TPSA) is 45.1 Å². The number of aromatic nitrogens is 2. The average Bonchev–Trinajstić information content (AvgIpc) is 3.18. The van der Waals surface area contributed by atoms with E-state index in [4.69, 9.17) is 0 Å². The second-order valence-corrected chi connectivity index (χ2v) is 9.49. The van der Waals surface area contributed by atoms with E-state index in [2.05, 4.69) is 87.8 Å². The number of likely N-dealkylation sites (tertiary alicyclic amines) is 1. The molecule has 5 nitrogen and oxygen atoms in total. The second kappa shape index (κ2) is 10.3. The van der Waals surface area contributed by atoms with E-state index in [0.717, 1.165) is 57.6 Å². The predicted molar refractivity (Wildman–Crippen MR) is 145 cm³/mol. The molecule has 1 saturated heterocycles. The first-order valence-corrected chi connectivity index (χ1v) is 12.1. The number of imidazole rings is 1. The zero-order valence-electron chi connectivity index (χ0n) is 21.0. The van der Waals surface area contributed by atoms with Crippen molar-refractivity contribution in [2.45, 2.75) is 26.2 Å². The summed E-state index contributed by atoms with van der Waals surface area (Å²) in [7, 11) is 6.18. The molecule has 0 amide bonds. The lowest BCUT2D eigenvalue weighted by Crippen LogP contribution is -2.30. The van der Waals surface area contributed by atoms with Crippen LogP contribution in [0, 0.1) is 12.8 Å². The van der Waals surface area contributed by atoms with Crippen molar-refractivity contribution in [3.05, 3.63) is 84.5 Å². The summed E-state index contributed by atoms with van der Waals surface area (Å²) in [6, 6.07) is 15.1. The van der Waals surface area contributed by atoms with Crippen molar-refractivity contribution in [1.29, 1.82) is 0 Å². The second-order valence-electron chi connectivity index (χ2n) is 9.49. The first-order valence-electron chi connectivity index (χ1n) is 12.1. The summed E-state index contributed by atoms with van der Waals surface area (Å²) in [5.41, 5.74) is 8.30. The number of nitrogens with zero attached hydrogens (tertiary/aromatic N) is 3. The van der Waals surface area contributed by atoms with Crippen molar-refractivity contribution in [3.8, 4) is 11.3 Å². The van der Waals surface area contributed by atoms with Crippen molar-refractivity contribution in [2.24, 2.45) is 13.0 Å². The fourth-order valence-corrected chi connectivity index (χ4v) is 4.68. The maximum atomic E-state index is 4.44. The molecule has 2 aromatic carbocycles. The van der Waals surface area contributed by atoms with Crippen LogP contribution in [0.5, 0.6) is 0 Å². The summed E-state index contributed by atoms with van der Waals surface area (Å²) >= 11 is 0. The third-order valence-electron chi connectivity index (χ3n) is 7.11. The van der Waals surface area contributed by atoms with Gasteiger partial charge in [0.25, 0.3) is 0 Å². The number of rotatable bonds is 8. The quantitative estimate of drug-likeness (QED) is 0.411. The Morgan fingerprint density at radius 3 is 2.38 bits per heavy atom. The van der Waals surface area contributed by atoms with E-state index in [0.29, 0.717) is 0 Å². The molecule has 0 bridgehead atoms. The third kappa shape index (κ3) is 5.26. The fourth-order valence-electron chi connectivity index (χ4n) is 4.68. The number of allylic oxidation sites excluding steroid dienone is 1. The minimum Gasteiger partial charge on any atom is -0.388 e. The van der Waals surface area contributed by atoms with E-state index in [1.165, 1.54) is 31.5 Å². The molecule has 0 saturated carbocycles. The Labute approximate surface area is 204 Å². The lowest BCUT2D eigenvalue weighted by Gasteiger charge is -2.29. The van der Waals surface area contributed by atoms with Crippen molar-refractivity contribution in [3.63, 3.8) is 0 Å². The van der Waals surface area contributed by atoms with Gasteiger partial charge < -0.3 is 20.1 Å². The molecule has 0 aliphatic carbocycles. The highest BCUT2D eigenvalue weighted by molar-refractivity contribution is 5.88. The van der Waals surface area contributed by atoms with Gasteiger partial charge in [0, 0.05) is 42.3 Å². The zero-order chi connectivity index (χ0) is 24.2. The number of piperidine rings is 1. The highest BCUT2D eigenvalue weighted by Crippen LogP contribution is 2.33. The van der Waals surface area contributed by atoms with Gasteiger partial charge in [-0.3, -0.25) is 0 Å². The van der Waals surface area contributed by atoms with Crippen LogP contribution in [-0.4, -0.2) is 41.6 Å². The standard InChI is InChI=1S/C29H37N5/c1-20(27-18-25(9-12-28(27)30-4)29-19-31-22(3)34(29)6)21(2)32-26-10-7-23(8-11-26)17-24-13-15-33(5)16-14-24/h7-12,18-19,24,30,32H,1-2,13-17H2,3-6H3. The van der Waals surface area contributed by atoms with E-state index in [-0.39, 0.29) is 0 Å². The molecular formula is C29H37N5. The normalized spacial score (nSPS) is 14.7. The van der Waals surface area contributed by atoms with Crippen molar-refractivity contribution in [1.82, 2.24) is 14.5 Å². The minimum atomic E-state index is 0.790. The first-order chi connectivity index (χ1) is 16.4. The summed E-state index contributed by atoms with van der Waals surface area (Å²) < 4.78 is 2.10. The van der Waals surface area contributed by atoms with Gasteiger partial charge in [0.1, 0.15) is 5.82 Å². The Bertz CT molecular complexity index is 1160.